The second kappa shape index (κ2) is 7.17. The topological polar surface area (TPSA) is 76.0 Å². The van der Waals surface area contributed by atoms with Crippen molar-refractivity contribution < 1.29 is 17.9 Å². The lowest BCUT2D eigenvalue weighted by atomic mass is 10.2. The average molecular weight is 403 g/mol. The van der Waals surface area contributed by atoms with Gasteiger partial charge >= 0.3 is 0 Å². The molecule has 0 saturated carbocycles. The van der Waals surface area contributed by atoms with Crippen LogP contribution < -0.4 is 9.64 Å². The van der Waals surface area contributed by atoms with Crippen LogP contribution in [0.5, 0.6) is 5.75 Å². The molecule has 9 heteroatoms. The molecule has 136 valence electrons. The number of amides is 1. The summed E-state index contributed by atoms with van der Waals surface area (Å²) in [6.45, 7) is 1.92. The highest BCUT2D eigenvalue weighted by molar-refractivity contribution is 8.16. The van der Waals surface area contributed by atoms with Crippen LogP contribution >= 0.6 is 23.4 Å². The first-order chi connectivity index (χ1) is 11.8. The van der Waals surface area contributed by atoms with E-state index in [1.165, 1.54) is 18.9 Å². The molecule has 0 radical (unpaired) electrons. The number of carbonyl (C=O) groups is 1. The second-order valence-corrected chi connectivity index (χ2v) is 9.82. The van der Waals surface area contributed by atoms with Crippen LogP contribution in [-0.2, 0) is 14.6 Å². The number of nitrogens with zero attached hydrogens (tertiary/aromatic N) is 2. The van der Waals surface area contributed by atoms with Crippen LogP contribution in [0.25, 0.3) is 0 Å². The van der Waals surface area contributed by atoms with Crippen LogP contribution in [0.1, 0.15) is 19.8 Å². The van der Waals surface area contributed by atoms with E-state index in [0.717, 1.165) is 0 Å². The highest BCUT2D eigenvalue weighted by Gasteiger charge is 2.50. The molecule has 1 amide bonds. The molecule has 25 heavy (non-hydrogen) atoms. The Kier molecular flexibility index (Phi) is 5.31. The van der Waals surface area contributed by atoms with Gasteiger partial charge in [-0.3, -0.25) is 4.79 Å². The maximum absolute atomic E-state index is 12.1. The number of anilines is 1. The Hall–Kier alpha value is -1.25. The molecule has 0 bridgehead atoms. The van der Waals surface area contributed by atoms with Crippen molar-refractivity contribution in [1.29, 1.82) is 0 Å². The first-order valence-electron chi connectivity index (χ1n) is 7.96. The fourth-order valence-electron chi connectivity index (χ4n) is 3.07. The number of hydrogen-bond acceptors (Lipinski definition) is 5. The molecule has 0 spiro atoms. The Morgan fingerprint density at radius 1 is 1.44 bits per heavy atom. The third-order valence-electron chi connectivity index (χ3n) is 4.15. The third kappa shape index (κ3) is 3.80. The molecule has 2 atom stereocenters. The molecule has 1 aromatic rings. The molecule has 0 aromatic heterocycles. The smallest absolute Gasteiger partial charge is 0.248 e. The highest BCUT2D eigenvalue weighted by Crippen LogP contribution is 2.44. The van der Waals surface area contributed by atoms with E-state index in [1.807, 2.05) is 6.92 Å². The number of methoxy groups -OCH3 is 1. The summed E-state index contributed by atoms with van der Waals surface area (Å²) in [5, 5.41) is 0.870. The van der Waals surface area contributed by atoms with Gasteiger partial charge in [-0.25, -0.2) is 8.42 Å². The molecule has 0 N–H and O–H groups in total. The van der Waals surface area contributed by atoms with Crippen molar-refractivity contribution >= 4 is 50.0 Å². The zero-order chi connectivity index (χ0) is 18.2. The van der Waals surface area contributed by atoms with Gasteiger partial charge in [-0.05, 0) is 24.6 Å². The molecule has 2 aliphatic rings. The number of aliphatic imine (C=N–C) groups is 1. The number of sulfone groups is 1. The van der Waals surface area contributed by atoms with Gasteiger partial charge in [-0.1, -0.05) is 30.3 Å². The normalized spacial score (nSPS) is 26.0. The maximum Gasteiger partial charge on any atom is 0.248 e. The minimum atomic E-state index is -3.11. The Morgan fingerprint density at radius 3 is 2.88 bits per heavy atom. The summed E-state index contributed by atoms with van der Waals surface area (Å²) in [6.07, 6.45) is 1.07. The number of hydrogen-bond donors (Lipinski definition) is 0. The summed E-state index contributed by atoms with van der Waals surface area (Å²) in [6, 6.07) is 4.86. The van der Waals surface area contributed by atoms with Crippen molar-refractivity contribution in [1.82, 2.24) is 0 Å². The number of benzene rings is 1. The Balaban J connectivity index is 2.07. The molecule has 2 fully saturated rings. The number of carbonyl (C=O) groups excluding carboxylic acids is 1. The molecule has 2 aliphatic heterocycles. The van der Waals surface area contributed by atoms with Gasteiger partial charge in [0.15, 0.2) is 15.0 Å². The van der Waals surface area contributed by atoms with Crippen molar-refractivity contribution in [2.24, 2.45) is 4.99 Å². The van der Waals surface area contributed by atoms with Gasteiger partial charge in [-0.2, -0.15) is 4.99 Å². The van der Waals surface area contributed by atoms with Crippen LogP contribution in [0, 0.1) is 0 Å². The average Bonchev–Trinajstić information content (AvgIpc) is 2.98. The summed E-state index contributed by atoms with van der Waals surface area (Å²) in [4.78, 5) is 18.1. The standard InChI is InChI=1S/C16H19ClN2O4S2/c1-3-4-15(20)18-16-19(11-7-10(17)5-6-13(11)23-2)12-8-25(21,22)9-14(12)24-16/h5-7,12,14H,3-4,8-9H2,1-2H3/t12-,14+/m1/s1. The van der Waals surface area contributed by atoms with Gasteiger partial charge < -0.3 is 9.64 Å². The van der Waals surface area contributed by atoms with Crippen LogP contribution in [0.4, 0.5) is 5.69 Å². The monoisotopic (exact) mass is 402 g/mol. The fraction of sp³-hybridized carbons (Fsp3) is 0.500. The maximum atomic E-state index is 12.1. The van der Waals surface area contributed by atoms with Crippen molar-refractivity contribution in [3.8, 4) is 5.75 Å². The number of amidine groups is 1. The van der Waals surface area contributed by atoms with E-state index < -0.39 is 9.84 Å². The first kappa shape index (κ1) is 18.5. The Morgan fingerprint density at radius 2 is 2.20 bits per heavy atom. The SMILES string of the molecule is CCCC(=O)N=C1S[C@H]2CS(=O)(=O)C[C@H]2N1c1cc(Cl)ccc1OC. The number of fused-ring (bicyclic) bond motifs is 1. The van der Waals surface area contributed by atoms with Crippen LogP contribution in [0.15, 0.2) is 23.2 Å². The second-order valence-electron chi connectivity index (χ2n) is 6.02. The lowest BCUT2D eigenvalue weighted by Gasteiger charge is -2.26. The lowest BCUT2D eigenvalue weighted by molar-refractivity contribution is -0.117. The van der Waals surface area contributed by atoms with Gasteiger partial charge in [-0.15, -0.1) is 0 Å². The minimum Gasteiger partial charge on any atom is -0.495 e. The van der Waals surface area contributed by atoms with Crippen LogP contribution in [0.3, 0.4) is 0 Å². The summed E-state index contributed by atoms with van der Waals surface area (Å²) in [7, 11) is -1.57. The van der Waals surface area contributed by atoms with E-state index in [9.17, 15) is 13.2 Å². The first-order valence-corrected chi connectivity index (χ1v) is 11.0. The van der Waals surface area contributed by atoms with E-state index in [2.05, 4.69) is 4.99 Å². The molecular weight excluding hydrogens is 384 g/mol. The zero-order valence-corrected chi connectivity index (χ0v) is 16.3. The van der Waals surface area contributed by atoms with Crippen LogP contribution in [0.2, 0.25) is 5.02 Å². The molecule has 0 aliphatic carbocycles. The minimum absolute atomic E-state index is 0.0291. The highest BCUT2D eigenvalue weighted by atomic mass is 35.5. The summed E-state index contributed by atoms with van der Waals surface area (Å²) >= 11 is 7.48. The van der Waals surface area contributed by atoms with E-state index >= 15 is 0 Å². The van der Waals surface area contributed by atoms with Crippen molar-refractivity contribution in [3.05, 3.63) is 23.2 Å². The van der Waals surface area contributed by atoms with Gasteiger partial charge in [0.05, 0.1) is 30.3 Å². The van der Waals surface area contributed by atoms with E-state index in [-0.39, 0.29) is 28.7 Å². The van der Waals surface area contributed by atoms with E-state index in [4.69, 9.17) is 16.3 Å². The molecular formula is C16H19ClN2O4S2. The molecule has 2 heterocycles. The fourth-order valence-corrected chi connectivity index (χ4v) is 7.16. The quantitative estimate of drug-likeness (QED) is 0.770. The molecule has 6 nitrogen and oxygen atoms in total. The van der Waals surface area contributed by atoms with Crippen molar-refractivity contribution in [2.45, 2.75) is 31.1 Å². The van der Waals surface area contributed by atoms with Crippen LogP contribution in [-0.4, -0.2) is 49.4 Å². The molecule has 3 rings (SSSR count). The Labute approximate surface area is 156 Å². The number of halogens is 1. The molecule has 1 aromatic carbocycles. The van der Waals surface area contributed by atoms with Gasteiger partial charge in [0.1, 0.15) is 5.75 Å². The van der Waals surface area contributed by atoms with E-state index in [1.54, 1.807) is 23.1 Å². The van der Waals surface area contributed by atoms with Gasteiger partial charge in [0, 0.05) is 16.7 Å². The van der Waals surface area contributed by atoms with Crippen molar-refractivity contribution in [2.75, 3.05) is 23.5 Å². The summed E-state index contributed by atoms with van der Waals surface area (Å²) in [5.41, 5.74) is 0.634. The predicted molar refractivity (Wildman–Crippen MR) is 102 cm³/mol. The van der Waals surface area contributed by atoms with Crippen molar-refractivity contribution in [3.63, 3.8) is 0 Å². The number of ether oxygens (including phenoxy) is 1. The lowest BCUT2D eigenvalue weighted by Crippen LogP contribution is -2.38. The summed E-state index contributed by atoms with van der Waals surface area (Å²) in [5.74, 6) is 0.466. The summed E-state index contributed by atoms with van der Waals surface area (Å²) < 4.78 is 29.6. The van der Waals surface area contributed by atoms with E-state index in [0.29, 0.717) is 34.5 Å². The third-order valence-corrected chi connectivity index (χ3v) is 7.60. The molecule has 2 saturated heterocycles. The number of rotatable bonds is 4. The number of thioether (sulfide) groups is 1. The predicted octanol–water partition coefficient (Wildman–Crippen LogP) is 2.75. The molecule has 0 unspecified atom stereocenters. The zero-order valence-electron chi connectivity index (χ0n) is 13.9. The van der Waals surface area contributed by atoms with Gasteiger partial charge in [0.25, 0.3) is 0 Å². The Bertz CT molecular complexity index is 825. The largest absolute Gasteiger partial charge is 0.495 e. The van der Waals surface area contributed by atoms with Gasteiger partial charge in [0.2, 0.25) is 5.91 Å².